The SMILES string of the molecule is CCN(CCc1ccccc1)C(C)CCC(C#N)(c1ccc(F)c(F)c1)C1CCC1. The molecular weight excluding hydrogens is 378 g/mol. The van der Waals surface area contributed by atoms with Gasteiger partial charge in [-0.25, -0.2) is 8.78 Å². The summed E-state index contributed by atoms with van der Waals surface area (Å²) < 4.78 is 27.5. The summed E-state index contributed by atoms with van der Waals surface area (Å²) in [4.78, 5) is 2.45. The van der Waals surface area contributed by atoms with Crippen LogP contribution in [0.15, 0.2) is 48.5 Å². The van der Waals surface area contributed by atoms with Crippen molar-refractivity contribution in [3.05, 3.63) is 71.3 Å². The second-order valence-corrected chi connectivity index (χ2v) is 8.59. The third-order valence-corrected chi connectivity index (χ3v) is 6.95. The van der Waals surface area contributed by atoms with Gasteiger partial charge >= 0.3 is 0 Å². The number of nitrogens with zero attached hydrogens (tertiary/aromatic N) is 2. The molecule has 2 aromatic carbocycles. The molecule has 1 fully saturated rings. The Hall–Kier alpha value is -2.25. The predicted octanol–water partition coefficient (Wildman–Crippen LogP) is 6.26. The molecule has 4 heteroatoms. The maximum Gasteiger partial charge on any atom is 0.159 e. The van der Waals surface area contributed by atoms with E-state index >= 15 is 0 Å². The minimum absolute atomic E-state index is 0.221. The van der Waals surface area contributed by atoms with Crippen molar-refractivity contribution in [3.63, 3.8) is 0 Å². The molecule has 2 unspecified atom stereocenters. The second-order valence-electron chi connectivity index (χ2n) is 8.59. The van der Waals surface area contributed by atoms with Crippen LogP contribution >= 0.6 is 0 Å². The Balaban J connectivity index is 1.71. The van der Waals surface area contributed by atoms with Crippen LogP contribution < -0.4 is 0 Å². The fraction of sp³-hybridized carbons (Fsp3) is 0.500. The van der Waals surface area contributed by atoms with Crippen LogP contribution in [0.1, 0.15) is 57.1 Å². The maximum absolute atomic E-state index is 14.0. The van der Waals surface area contributed by atoms with Crippen molar-refractivity contribution in [1.82, 2.24) is 4.90 Å². The standard InChI is InChI=1S/C26H32F2N2/c1-3-30(17-15-21-8-5-4-6-9-21)20(2)14-16-26(19-29,22-10-7-11-22)23-12-13-24(27)25(28)18-23/h4-6,8-9,12-13,18,20,22H,3,7,10-11,14-17H2,1-2H3. The number of likely N-dealkylation sites (N-methyl/N-ethyl adjacent to an activating group) is 1. The van der Waals surface area contributed by atoms with Crippen LogP contribution in [0.4, 0.5) is 8.78 Å². The fourth-order valence-electron chi connectivity index (χ4n) is 4.70. The van der Waals surface area contributed by atoms with Crippen molar-refractivity contribution in [1.29, 1.82) is 5.26 Å². The van der Waals surface area contributed by atoms with Gasteiger partial charge in [-0.05, 0) is 74.8 Å². The Morgan fingerprint density at radius 1 is 1.13 bits per heavy atom. The van der Waals surface area contributed by atoms with Crippen LogP contribution in [0.2, 0.25) is 0 Å². The van der Waals surface area contributed by atoms with Gasteiger partial charge < -0.3 is 4.90 Å². The second kappa shape index (κ2) is 10.2. The Bertz CT molecular complexity index is 857. The van der Waals surface area contributed by atoms with Crippen molar-refractivity contribution in [2.45, 2.75) is 63.8 Å². The van der Waals surface area contributed by atoms with Gasteiger partial charge in [0.05, 0.1) is 11.5 Å². The van der Waals surface area contributed by atoms with Crippen LogP contribution in [0, 0.1) is 28.9 Å². The van der Waals surface area contributed by atoms with E-state index in [0.717, 1.165) is 51.3 Å². The monoisotopic (exact) mass is 410 g/mol. The van der Waals surface area contributed by atoms with E-state index in [0.29, 0.717) is 18.0 Å². The quantitative estimate of drug-likeness (QED) is 0.462. The van der Waals surface area contributed by atoms with Gasteiger partial charge in [0.15, 0.2) is 11.6 Å². The zero-order valence-corrected chi connectivity index (χ0v) is 18.1. The lowest BCUT2D eigenvalue weighted by Gasteiger charge is -2.42. The van der Waals surface area contributed by atoms with E-state index in [4.69, 9.17) is 0 Å². The molecule has 1 aliphatic rings. The van der Waals surface area contributed by atoms with Crippen LogP contribution in [0.25, 0.3) is 0 Å². The molecule has 0 aromatic heterocycles. The predicted molar refractivity (Wildman–Crippen MR) is 117 cm³/mol. The zero-order valence-electron chi connectivity index (χ0n) is 18.1. The van der Waals surface area contributed by atoms with Crippen LogP contribution in [-0.2, 0) is 11.8 Å². The highest BCUT2D eigenvalue weighted by Gasteiger charge is 2.44. The van der Waals surface area contributed by atoms with Crippen molar-refractivity contribution < 1.29 is 8.78 Å². The van der Waals surface area contributed by atoms with E-state index in [1.807, 2.05) is 6.07 Å². The lowest BCUT2D eigenvalue weighted by atomic mass is 9.60. The highest BCUT2D eigenvalue weighted by atomic mass is 19.2. The van der Waals surface area contributed by atoms with Gasteiger partial charge in [0.25, 0.3) is 0 Å². The zero-order chi connectivity index (χ0) is 21.6. The van der Waals surface area contributed by atoms with Crippen molar-refractivity contribution in [3.8, 4) is 6.07 Å². The summed E-state index contributed by atoms with van der Waals surface area (Å²) in [7, 11) is 0. The first-order valence-electron chi connectivity index (χ1n) is 11.1. The topological polar surface area (TPSA) is 27.0 Å². The number of benzene rings is 2. The van der Waals surface area contributed by atoms with Crippen LogP contribution in [0.5, 0.6) is 0 Å². The van der Waals surface area contributed by atoms with Gasteiger partial charge in [0.2, 0.25) is 0 Å². The first kappa shape index (κ1) is 22.4. The Morgan fingerprint density at radius 2 is 1.87 bits per heavy atom. The van der Waals surface area contributed by atoms with E-state index in [9.17, 15) is 14.0 Å². The smallest absolute Gasteiger partial charge is 0.159 e. The molecule has 0 aliphatic heterocycles. The largest absolute Gasteiger partial charge is 0.301 e. The molecule has 2 aromatic rings. The summed E-state index contributed by atoms with van der Waals surface area (Å²) in [6.45, 7) is 6.29. The Kier molecular flexibility index (Phi) is 7.61. The van der Waals surface area contributed by atoms with E-state index in [2.05, 4.69) is 49.1 Å². The molecule has 3 rings (SSSR count). The molecule has 0 bridgehead atoms. The summed E-state index contributed by atoms with van der Waals surface area (Å²) in [6.07, 6.45) is 5.58. The summed E-state index contributed by atoms with van der Waals surface area (Å²) in [5, 5.41) is 10.2. The molecule has 0 radical (unpaired) electrons. The first-order chi connectivity index (χ1) is 14.5. The Labute approximate surface area is 179 Å². The highest BCUT2D eigenvalue weighted by Crippen LogP contribution is 2.47. The number of nitriles is 1. The Morgan fingerprint density at radius 3 is 2.43 bits per heavy atom. The average molecular weight is 411 g/mol. The number of rotatable bonds is 10. The molecule has 1 saturated carbocycles. The molecule has 160 valence electrons. The normalized spacial score (nSPS) is 17.2. The third-order valence-electron chi connectivity index (χ3n) is 6.95. The maximum atomic E-state index is 14.0. The van der Waals surface area contributed by atoms with Gasteiger partial charge in [-0.3, -0.25) is 0 Å². The van der Waals surface area contributed by atoms with Gasteiger partial charge in [-0.15, -0.1) is 0 Å². The first-order valence-corrected chi connectivity index (χ1v) is 11.1. The average Bonchev–Trinajstić information content (AvgIpc) is 2.73. The third kappa shape index (κ3) is 4.90. The van der Waals surface area contributed by atoms with Crippen molar-refractivity contribution in [2.75, 3.05) is 13.1 Å². The number of halogens is 2. The van der Waals surface area contributed by atoms with Gasteiger partial charge in [-0.1, -0.05) is 49.7 Å². The summed E-state index contributed by atoms with van der Waals surface area (Å²) >= 11 is 0. The molecule has 30 heavy (non-hydrogen) atoms. The molecule has 1 aliphatic carbocycles. The summed E-state index contributed by atoms with van der Waals surface area (Å²) in [6, 6.07) is 17.3. The minimum Gasteiger partial charge on any atom is -0.301 e. The lowest BCUT2D eigenvalue weighted by molar-refractivity contribution is 0.162. The van der Waals surface area contributed by atoms with Gasteiger partial charge in [-0.2, -0.15) is 5.26 Å². The van der Waals surface area contributed by atoms with Gasteiger partial charge in [0, 0.05) is 12.6 Å². The summed E-state index contributed by atoms with van der Waals surface area (Å²) in [5.74, 6) is -1.50. The minimum atomic E-state index is -0.863. The highest BCUT2D eigenvalue weighted by molar-refractivity contribution is 5.35. The van der Waals surface area contributed by atoms with Crippen molar-refractivity contribution >= 4 is 0 Å². The van der Waals surface area contributed by atoms with Crippen molar-refractivity contribution in [2.24, 2.45) is 5.92 Å². The van der Waals surface area contributed by atoms with E-state index in [1.54, 1.807) is 6.07 Å². The lowest BCUT2D eigenvalue weighted by Crippen LogP contribution is -2.41. The fourth-order valence-corrected chi connectivity index (χ4v) is 4.70. The summed E-state index contributed by atoms with van der Waals surface area (Å²) in [5.41, 5.74) is 1.22. The van der Waals surface area contributed by atoms with E-state index in [1.165, 1.54) is 11.6 Å². The van der Waals surface area contributed by atoms with E-state index < -0.39 is 17.0 Å². The van der Waals surface area contributed by atoms with E-state index in [-0.39, 0.29) is 5.92 Å². The van der Waals surface area contributed by atoms with Crippen LogP contribution in [0.3, 0.4) is 0 Å². The molecule has 0 amide bonds. The molecule has 0 N–H and O–H groups in total. The molecule has 2 nitrogen and oxygen atoms in total. The molecule has 0 heterocycles. The number of hydrogen-bond acceptors (Lipinski definition) is 2. The number of hydrogen-bond donors (Lipinski definition) is 0. The molecule has 0 spiro atoms. The molecule has 2 atom stereocenters. The molecular formula is C26H32F2N2. The van der Waals surface area contributed by atoms with Gasteiger partial charge in [0.1, 0.15) is 0 Å². The molecule has 0 saturated heterocycles. The van der Waals surface area contributed by atoms with Crippen LogP contribution in [-0.4, -0.2) is 24.0 Å².